The summed E-state index contributed by atoms with van der Waals surface area (Å²) in [5.74, 6) is -0.959. The standard InChI is InChI=1S/C9H15BrO4/c1-3-7(4-2)14-9(12)6-13-8(11)5-10/h7H,3-6H2,1-2H3. The lowest BCUT2D eigenvalue weighted by molar-refractivity contribution is -0.161. The van der Waals surface area contributed by atoms with Crippen molar-refractivity contribution in [2.75, 3.05) is 11.9 Å². The van der Waals surface area contributed by atoms with E-state index in [4.69, 9.17) is 4.74 Å². The summed E-state index contributed by atoms with van der Waals surface area (Å²) in [5.41, 5.74) is 0. The summed E-state index contributed by atoms with van der Waals surface area (Å²) in [4.78, 5) is 21.7. The highest BCUT2D eigenvalue weighted by molar-refractivity contribution is 9.09. The van der Waals surface area contributed by atoms with E-state index < -0.39 is 11.9 Å². The van der Waals surface area contributed by atoms with E-state index in [9.17, 15) is 9.59 Å². The van der Waals surface area contributed by atoms with E-state index in [1.54, 1.807) is 0 Å². The van der Waals surface area contributed by atoms with E-state index in [1.807, 2.05) is 13.8 Å². The quantitative estimate of drug-likeness (QED) is 0.542. The second-order valence-electron chi connectivity index (χ2n) is 2.72. The van der Waals surface area contributed by atoms with Crippen molar-refractivity contribution >= 4 is 27.9 Å². The summed E-state index contributed by atoms with van der Waals surface area (Å²) in [5, 5.41) is 0.0886. The summed E-state index contributed by atoms with van der Waals surface area (Å²) < 4.78 is 9.59. The van der Waals surface area contributed by atoms with Crippen LogP contribution in [0.4, 0.5) is 0 Å². The highest BCUT2D eigenvalue weighted by Crippen LogP contribution is 2.03. The van der Waals surface area contributed by atoms with Crippen LogP contribution in [0.15, 0.2) is 0 Å². The Bertz CT molecular complexity index is 189. The molecule has 0 heterocycles. The van der Waals surface area contributed by atoms with Crippen LogP contribution < -0.4 is 0 Å². The van der Waals surface area contributed by atoms with Crippen molar-refractivity contribution in [1.29, 1.82) is 0 Å². The fourth-order valence-corrected chi connectivity index (χ4v) is 1.02. The highest BCUT2D eigenvalue weighted by Gasteiger charge is 2.12. The number of ether oxygens (including phenoxy) is 2. The van der Waals surface area contributed by atoms with Gasteiger partial charge in [0.15, 0.2) is 6.61 Å². The van der Waals surface area contributed by atoms with E-state index in [0.717, 1.165) is 12.8 Å². The smallest absolute Gasteiger partial charge is 0.344 e. The van der Waals surface area contributed by atoms with Gasteiger partial charge in [-0.1, -0.05) is 29.8 Å². The molecule has 5 heteroatoms. The first-order valence-corrected chi connectivity index (χ1v) is 5.67. The van der Waals surface area contributed by atoms with E-state index in [0.29, 0.717) is 0 Å². The molecule has 0 N–H and O–H groups in total. The topological polar surface area (TPSA) is 52.6 Å². The van der Waals surface area contributed by atoms with Crippen molar-refractivity contribution < 1.29 is 19.1 Å². The molecule has 0 bridgehead atoms. The molecule has 0 aliphatic heterocycles. The molecule has 0 aliphatic carbocycles. The van der Waals surface area contributed by atoms with Gasteiger partial charge >= 0.3 is 11.9 Å². The first-order valence-electron chi connectivity index (χ1n) is 4.55. The molecule has 0 aliphatic rings. The number of hydrogen-bond acceptors (Lipinski definition) is 4. The molecule has 0 aromatic carbocycles. The van der Waals surface area contributed by atoms with Crippen molar-refractivity contribution in [3.8, 4) is 0 Å². The van der Waals surface area contributed by atoms with Crippen LogP contribution in [0.25, 0.3) is 0 Å². The second-order valence-corrected chi connectivity index (χ2v) is 3.28. The first-order chi connectivity index (χ1) is 6.63. The average molecular weight is 267 g/mol. The van der Waals surface area contributed by atoms with Gasteiger partial charge in [-0.3, -0.25) is 4.79 Å². The van der Waals surface area contributed by atoms with Crippen LogP contribution >= 0.6 is 15.9 Å². The van der Waals surface area contributed by atoms with Crippen molar-refractivity contribution in [1.82, 2.24) is 0 Å². The van der Waals surface area contributed by atoms with Gasteiger partial charge in [-0.2, -0.15) is 0 Å². The Morgan fingerprint density at radius 3 is 2.21 bits per heavy atom. The fourth-order valence-electron chi connectivity index (χ4n) is 0.853. The number of carbonyl (C=O) groups excluding carboxylic acids is 2. The van der Waals surface area contributed by atoms with Gasteiger partial charge in [-0.05, 0) is 12.8 Å². The van der Waals surface area contributed by atoms with Gasteiger partial charge in [0.2, 0.25) is 0 Å². The molecule has 0 aromatic heterocycles. The lowest BCUT2D eigenvalue weighted by atomic mass is 10.2. The molecule has 0 spiro atoms. The summed E-state index contributed by atoms with van der Waals surface area (Å²) in [6.07, 6.45) is 1.47. The van der Waals surface area contributed by atoms with Crippen molar-refractivity contribution in [2.45, 2.75) is 32.8 Å². The minimum atomic E-state index is -0.493. The van der Waals surface area contributed by atoms with Crippen LogP contribution in [-0.4, -0.2) is 30.0 Å². The van der Waals surface area contributed by atoms with Crippen LogP contribution in [0.5, 0.6) is 0 Å². The normalized spacial score (nSPS) is 10.0. The summed E-state index contributed by atoms with van der Waals surface area (Å²) >= 11 is 2.92. The molecule has 82 valence electrons. The maximum atomic E-state index is 11.1. The van der Waals surface area contributed by atoms with E-state index in [-0.39, 0.29) is 18.0 Å². The minimum Gasteiger partial charge on any atom is -0.460 e. The molecular formula is C9H15BrO4. The van der Waals surface area contributed by atoms with E-state index in [1.165, 1.54) is 0 Å². The fraction of sp³-hybridized carbons (Fsp3) is 0.778. The Hall–Kier alpha value is -0.580. The number of rotatable bonds is 6. The molecule has 0 unspecified atom stereocenters. The zero-order valence-corrected chi connectivity index (χ0v) is 10.0. The second kappa shape index (κ2) is 7.79. The Balaban J connectivity index is 3.69. The maximum absolute atomic E-state index is 11.1. The molecule has 0 fully saturated rings. The third-order valence-corrected chi connectivity index (χ3v) is 2.13. The lowest BCUT2D eigenvalue weighted by Crippen LogP contribution is -2.22. The Labute approximate surface area is 92.1 Å². The minimum absolute atomic E-state index is 0.0785. The highest BCUT2D eigenvalue weighted by atomic mass is 79.9. The molecule has 4 nitrogen and oxygen atoms in total. The molecule has 0 atom stereocenters. The number of hydrogen-bond donors (Lipinski definition) is 0. The monoisotopic (exact) mass is 266 g/mol. The Morgan fingerprint density at radius 2 is 1.79 bits per heavy atom. The molecule has 14 heavy (non-hydrogen) atoms. The van der Waals surface area contributed by atoms with Crippen molar-refractivity contribution in [3.05, 3.63) is 0 Å². The zero-order chi connectivity index (χ0) is 11.0. The average Bonchev–Trinajstić information content (AvgIpc) is 2.22. The summed E-state index contributed by atoms with van der Waals surface area (Å²) in [6.45, 7) is 3.57. The molecule has 0 radical (unpaired) electrons. The summed E-state index contributed by atoms with van der Waals surface area (Å²) in [6, 6.07) is 0. The van der Waals surface area contributed by atoms with Gasteiger partial charge in [0.25, 0.3) is 0 Å². The van der Waals surface area contributed by atoms with Crippen LogP contribution in [0.3, 0.4) is 0 Å². The number of halogens is 1. The molecule has 0 saturated carbocycles. The molecule has 0 amide bonds. The van der Waals surface area contributed by atoms with Crippen molar-refractivity contribution in [2.24, 2.45) is 0 Å². The van der Waals surface area contributed by atoms with Gasteiger partial charge in [0, 0.05) is 0 Å². The van der Waals surface area contributed by atoms with Gasteiger partial charge in [0.1, 0.15) is 11.4 Å². The Morgan fingerprint density at radius 1 is 1.21 bits per heavy atom. The number of esters is 2. The van der Waals surface area contributed by atoms with E-state index >= 15 is 0 Å². The molecule has 0 rings (SSSR count). The Kier molecular flexibility index (Phi) is 7.47. The lowest BCUT2D eigenvalue weighted by Gasteiger charge is -2.13. The molecular weight excluding hydrogens is 252 g/mol. The molecule has 0 aromatic rings. The third kappa shape index (κ3) is 5.96. The predicted molar refractivity (Wildman–Crippen MR) is 55.2 cm³/mol. The van der Waals surface area contributed by atoms with Crippen LogP contribution in [-0.2, 0) is 19.1 Å². The van der Waals surface area contributed by atoms with E-state index in [2.05, 4.69) is 20.7 Å². The van der Waals surface area contributed by atoms with Crippen LogP contribution in [0, 0.1) is 0 Å². The zero-order valence-electron chi connectivity index (χ0n) is 8.42. The van der Waals surface area contributed by atoms with Gasteiger partial charge in [-0.15, -0.1) is 0 Å². The van der Waals surface area contributed by atoms with Crippen LogP contribution in [0.2, 0.25) is 0 Å². The number of carbonyl (C=O) groups is 2. The number of alkyl halides is 1. The van der Waals surface area contributed by atoms with Crippen molar-refractivity contribution in [3.63, 3.8) is 0 Å². The predicted octanol–water partition coefficient (Wildman–Crippen LogP) is 1.66. The van der Waals surface area contributed by atoms with Gasteiger partial charge in [-0.25, -0.2) is 4.79 Å². The summed E-state index contributed by atoms with van der Waals surface area (Å²) in [7, 11) is 0. The van der Waals surface area contributed by atoms with Crippen LogP contribution in [0.1, 0.15) is 26.7 Å². The maximum Gasteiger partial charge on any atom is 0.344 e. The molecule has 0 saturated heterocycles. The SMILES string of the molecule is CCC(CC)OC(=O)COC(=O)CBr. The third-order valence-electron chi connectivity index (χ3n) is 1.67. The van der Waals surface area contributed by atoms with Gasteiger partial charge < -0.3 is 9.47 Å². The van der Waals surface area contributed by atoms with Gasteiger partial charge in [0.05, 0.1) is 0 Å². The largest absolute Gasteiger partial charge is 0.460 e. The first kappa shape index (κ1) is 13.4.